The fourth-order valence-corrected chi connectivity index (χ4v) is 4.07. The van der Waals surface area contributed by atoms with Gasteiger partial charge < -0.3 is 9.84 Å². The quantitative estimate of drug-likeness (QED) is 0.670. The number of carbonyl (C=O) groups excluding carboxylic acids is 1. The van der Waals surface area contributed by atoms with Crippen LogP contribution in [0.5, 0.6) is 0 Å². The predicted molar refractivity (Wildman–Crippen MR) is 98.4 cm³/mol. The molecule has 0 aromatic heterocycles. The lowest BCUT2D eigenvalue weighted by atomic mass is 9.94. The maximum atomic E-state index is 14.0. The third-order valence-electron chi connectivity index (χ3n) is 4.07. The van der Waals surface area contributed by atoms with Gasteiger partial charge in [-0.2, -0.15) is 0 Å². The molecule has 2 aromatic rings. The molecule has 2 N–H and O–H groups in total. The molecule has 0 amide bonds. The summed E-state index contributed by atoms with van der Waals surface area (Å²) in [6.45, 7) is 1.60. The van der Waals surface area contributed by atoms with E-state index in [1.807, 2.05) is 30.3 Å². The number of aliphatic hydroxyl groups is 1. The van der Waals surface area contributed by atoms with Gasteiger partial charge in [-0.1, -0.05) is 36.4 Å². The van der Waals surface area contributed by atoms with E-state index in [0.29, 0.717) is 6.42 Å². The molecular formula is C19H22FNO5S. The van der Waals surface area contributed by atoms with E-state index < -0.39 is 38.4 Å². The number of hydrogen-bond acceptors (Lipinski definition) is 5. The molecule has 0 aliphatic rings. The Morgan fingerprint density at radius 3 is 2.44 bits per heavy atom. The van der Waals surface area contributed by atoms with Gasteiger partial charge in [0.15, 0.2) is 0 Å². The third kappa shape index (κ3) is 5.35. The van der Waals surface area contributed by atoms with E-state index in [1.54, 1.807) is 6.92 Å². The minimum Gasteiger partial charge on any atom is -0.465 e. The summed E-state index contributed by atoms with van der Waals surface area (Å²) in [4.78, 5) is 11.3. The van der Waals surface area contributed by atoms with Gasteiger partial charge in [-0.25, -0.2) is 22.3 Å². The number of sulfonamides is 1. The monoisotopic (exact) mass is 395 g/mol. The second kappa shape index (κ2) is 9.07. The van der Waals surface area contributed by atoms with Crippen LogP contribution in [-0.4, -0.2) is 39.3 Å². The molecule has 2 unspecified atom stereocenters. The number of esters is 1. The third-order valence-corrected chi connectivity index (χ3v) is 5.54. The van der Waals surface area contributed by atoms with E-state index in [2.05, 4.69) is 9.46 Å². The van der Waals surface area contributed by atoms with Gasteiger partial charge in [0.2, 0.25) is 10.0 Å². The Morgan fingerprint density at radius 1 is 1.19 bits per heavy atom. The molecule has 6 nitrogen and oxygen atoms in total. The van der Waals surface area contributed by atoms with E-state index >= 15 is 0 Å². The summed E-state index contributed by atoms with van der Waals surface area (Å²) in [5, 5.41) is 9.73. The first kappa shape index (κ1) is 21.0. The largest absolute Gasteiger partial charge is 0.465 e. The van der Waals surface area contributed by atoms with Gasteiger partial charge in [0.1, 0.15) is 11.4 Å². The van der Waals surface area contributed by atoms with Gasteiger partial charge in [-0.15, -0.1) is 0 Å². The van der Waals surface area contributed by atoms with Crippen molar-refractivity contribution in [3.8, 4) is 0 Å². The van der Waals surface area contributed by atoms with Crippen molar-refractivity contribution in [3.05, 3.63) is 65.5 Å². The predicted octanol–water partition coefficient (Wildman–Crippen LogP) is 2.45. The van der Waals surface area contributed by atoms with Crippen molar-refractivity contribution < 1.29 is 27.4 Å². The van der Waals surface area contributed by atoms with E-state index in [9.17, 15) is 22.7 Å². The normalized spacial score (nSPS) is 13.8. The molecule has 0 aliphatic heterocycles. The molecule has 27 heavy (non-hydrogen) atoms. The Labute approximate surface area is 158 Å². The smallest absolute Gasteiger partial charge is 0.342 e. The topological polar surface area (TPSA) is 92.7 Å². The number of carbonyl (C=O) groups is 1. The highest BCUT2D eigenvalue weighted by atomic mass is 32.2. The first-order valence-corrected chi connectivity index (χ1v) is 9.84. The van der Waals surface area contributed by atoms with Crippen LogP contribution in [0.1, 0.15) is 35.2 Å². The lowest BCUT2D eigenvalue weighted by molar-refractivity contribution is 0.0590. The summed E-state index contributed by atoms with van der Waals surface area (Å²) in [5.74, 6) is -2.35. The van der Waals surface area contributed by atoms with Crippen molar-refractivity contribution in [2.45, 2.75) is 30.3 Å². The van der Waals surface area contributed by atoms with Gasteiger partial charge in [0.05, 0.1) is 18.1 Å². The summed E-state index contributed by atoms with van der Waals surface area (Å²) in [6, 6.07) is 12.5. The summed E-state index contributed by atoms with van der Waals surface area (Å²) in [6.07, 6.45) is -0.306. The highest BCUT2D eigenvalue weighted by molar-refractivity contribution is 7.89. The average Bonchev–Trinajstić information content (AvgIpc) is 2.64. The van der Waals surface area contributed by atoms with Crippen LogP contribution >= 0.6 is 0 Å². The summed E-state index contributed by atoms with van der Waals surface area (Å²) < 4.78 is 46.3. The van der Waals surface area contributed by atoms with Crippen LogP contribution in [-0.2, 0) is 14.8 Å². The number of aliphatic hydroxyl groups excluding tert-OH is 1. The van der Waals surface area contributed by atoms with E-state index in [-0.39, 0.29) is 12.5 Å². The SMILES string of the molecule is COC(=O)c1c(F)cccc1S(=O)(=O)NCC(CC(C)O)c1ccccc1. The zero-order chi connectivity index (χ0) is 20.0. The minimum atomic E-state index is -4.18. The summed E-state index contributed by atoms with van der Waals surface area (Å²) >= 11 is 0. The molecule has 0 spiro atoms. The lowest BCUT2D eigenvalue weighted by Crippen LogP contribution is -2.31. The second-order valence-corrected chi connectivity index (χ2v) is 7.88. The van der Waals surface area contributed by atoms with Crippen LogP contribution in [0.2, 0.25) is 0 Å². The standard InChI is InChI=1S/C19H22FNO5S/c1-13(22)11-15(14-7-4-3-5-8-14)12-21-27(24,25)17-10-6-9-16(20)18(17)19(23)26-2/h3-10,13,15,21-22H,11-12H2,1-2H3. The van der Waals surface area contributed by atoms with Gasteiger partial charge >= 0.3 is 5.97 Å². The van der Waals surface area contributed by atoms with Crippen molar-refractivity contribution in [1.82, 2.24) is 4.72 Å². The summed E-state index contributed by atoms with van der Waals surface area (Å²) in [7, 11) is -3.13. The Kier molecular flexibility index (Phi) is 7.06. The van der Waals surface area contributed by atoms with E-state index in [1.165, 1.54) is 6.07 Å². The first-order chi connectivity index (χ1) is 12.8. The molecule has 0 heterocycles. The number of ether oxygens (including phenoxy) is 1. The molecule has 2 aromatic carbocycles. The number of rotatable bonds is 8. The highest BCUT2D eigenvalue weighted by Crippen LogP contribution is 2.23. The Hall–Kier alpha value is -2.29. The van der Waals surface area contributed by atoms with Crippen molar-refractivity contribution >= 4 is 16.0 Å². The van der Waals surface area contributed by atoms with E-state index in [0.717, 1.165) is 24.8 Å². The second-order valence-electron chi connectivity index (χ2n) is 6.15. The molecule has 2 atom stereocenters. The fourth-order valence-electron chi connectivity index (χ4n) is 2.79. The molecule has 146 valence electrons. The van der Waals surface area contributed by atoms with Crippen LogP contribution in [0.25, 0.3) is 0 Å². The number of hydrogen-bond donors (Lipinski definition) is 2. The minimum absolute atomic E-state index is 0.0195. The molecule has 0 bridgehead atoms. The fraction of sp³-hybridized carbons (Fsp3) is 0.316. The van der Waals surface area contributed by atoms with Gasteiger partial charge in [0, 0.05) is 6.54 Å². The Bertz CT molecular complexity index is 884. The molecular weight excluding hydrogens is 373 g/mol. The first-order valence-electron chi connectivity index (χ1n) is 8.35. The van der Waals surface area contributed by atoms with Crippen molar-refractivity contribution in [3.63, 3.8) is 0 Å². The van der Waals surface area contributed by atoms with Crippen LogP contribution in [0.4, 0.5) is 4.39 Å². The molecule has 2 rings (SSSR count). The van der Waals surface area contributed by atoms with Crippen LogP contribution in [0.15, 0.2) is 53.4 Å². The summed E-state index contributed by atoms with van der Waals surface area (Å²) in [5.41, 5.74) is 0.216. The number of halogens is 1. The van der Waals surface area contributed by atoms with Crippen molar-refractivity contribution in [1.29, 1.82) is 0 Å². The van der Waals surface area contributed by atoms with Gasteiger partial charge in [0.25, 0.3) is 0 Å². The molecule has 0 saturated heterocycles. The van der Waals surface area contributed by atoms with Gasteiger partial charge in [-0.3, -0.25) is 0 Å². The maximum absolute atomic E-state index is 14.0. The lowest BCUT2D eigenvalue weighted by Gasteiger charge is -2.20. The molecule has 0 fully saturated rings. The highest BCUT2D eigenvalue weighted by Gasteiger charge is 2.27. The Morgan fingerprint density at radius 2 is 1.85 bits per heavy atom. The van der Waals surface area contributed by atoms with Gasteiger partial charge in [-0.05, 0) is 37.0 Å². The molecule has 0 saturated carbocycles. The van der Waals surface area contributed by atoms with Crippen molar-refractivity contribution in [2.24, 2.45) is 0 Å². The number of methoxy groups -OCH3 is 1. The Balaban J connectivity index is 2.30. The maximum Gasteiger partial charge on any atom is 0.342 e. The number of benzene rings is 2. The van der Waals surface area contributed by atoms with E-state index in [4.69, 9.17) is 0 Å². The van der Waals surface area contributed by atoms with Crippen LogP contribution in [0.3, 0.4) is 0 Å². The molecule has 0 radical (unpaired) electrons. The zero-order valence-corrected chi connectivity index (χ0v) is 15.9. The van der Waals surface area contributed by atoms with Crippen molar-refractivity contribution in [2.75, 3.05) is 13.7 Å². The molecule has 8 heteroatoms. The average molecular weight is 395 g/mol. The number of nitrogens with one attached hydrogen (secondary N) is 1. The van der Waals surface area contributed by atoms with Crippen LogP contribution in [0, 0.1) is 5.82 Å². The van der Waals surface area contributed by atoms with Crippen LogP contribution < -0.4 is 4.72 Å². The zero-order valence-electron chi connectivity index (χ0n) is 15.1. The molecule has 0 aliphatic carbocycles.